The lowest BCUT2D eigenvalue weighted by atomic mass is 10.2. The van der Waals surface area contributed by atoms with Gasteiger partial charge in [-0.2, -0.15) is 0 Å². The number of amides is 2. The van der Waals surface area contributed by atoms with Gasteiger partial charge in [-0.05, 0) is 24.3 Å². The Balaban J connectivity index is 1.48. The first-order chi connectivity index (χ1) is 13.0. The second-order valence-corrected chi connectivity index (χ2v) is 8.08. The average molecular weight is 420 g/mol. The molecule has 0 N–H and O–H groups in total. The van der Waals surface area contributed by atoms with Crippen LogP contribution in [0, 0.1) is 0 Å². The zero-order chi connectivity index (χ0) is 19.0. The third-order valence-electron chi connectivity index (χ3n) is 4.55. The molecule has 4 rings (SSSR count). The van der Waals surface area contributed by atoms with Crippen LogP contribution in [0.15, 0.2) is 42.7 Å². The maximum atomic E-state index is 12.9. The maximum Gasteiger partial charge on any atom is 0.265 e. The minimum absolute atomic E-state index is 0.0651. The number of carbonyl (C=O) groups is 2. The van der Waals surface area contributed by atoms with Gasteiger partial charge in [-0.3, -0.25) is 14.6 Å². The highest BCUT2D eigenvalue weighted by Crippen LogP contribution is 2.37. The highest BCUT2D eigenvalue weighted by Gasteiger charge is 2.28. The first-order valence-corrected chi connectivity index (χ1v) is 9.98. The molecular weight excluding hydrogens is 405 g/mol. The van der Waals surface area contributed by atoms with Crippen molar-refractivity contribution in [1.29, 1.82) is 0 Å². The third-order valence-corrected chi connectivity index (χ3v) is 6.43. The molecule has 1 aliphatic heterocycles. The smallest absolute Gasteiger partial charge is 0.265 e. The number of benzene rings is 1. The number of thiophene rings is 1. The van der Waals surface area contributed by atoms with E-state index in [-0.39, 0.29) is 11.8 Å². The summed E-state index contributed by atoms with van der Waals surface area (Å²) in [6.45, 7) is 1.90. The quantitative estimate of drug-likeness (QED) is 0.625. The largest absolute Gasteiger partial charge is 0.335 e. The molecule has 3 heterocycles. The Morgan fingerprint density at radius 2 is 1.70 bits per heavy atom. The molecule has 5 nitrogen and oxygen atoms in total. The van der Waals surface area contributed by atoms with E-state index < -0.39 is 0 Å². The number of fused-ring (bicyclic) bond motifs is 1. The van der Waals surface area contributed by atoms with Gasteiger partial charge in [0.05, 0.1) is 10.6 Å². The molecule has 138 valence electrons. The van der Waals surface area contributed by atoms with Crippen LogP contribution in [0.3, 0.4) is 0 Å². The van der Waals surface area contributed by atoms with Crippen LogP contribution in [-0.4, -0.2) is 52.8 Å². The summed E-state index contributed by atoms with van der Waals surface area (Å²) in [4.78, 5) is 33.4. The van der Waals surface area contributed by atoms with E-state index in [1.54, 1.807) is 40.4 Å². The van der Waals surface area contributed by atoms with Gasteiger partial charge in [-0.1, -0.05) is 29.3 Å². The van der Waals surface area contributed by atoms with E-state index in [1.807, 2.05) is 12.1 Å². The lowest BCUT2D eigenvalue weighted by molar-refractivity contribution is 0.0538. The van der Waals surface area contributed by atoms with Crippen molar-refractivity contribution in [1.82, 2.24) is 14.8 Å². The number of piperazine rings is 1. The molecule has 1 aliphatic rings. The van der Waals surface area contributed by atoms with E-state index in [2.05, 4.69) is 4.98 Å². The van der Waals surface area contributed by atoms with Crippen molar-refractivity contribution < 1.29 is 9.59 Å². The highest BCUT2D eigenvalue weighted by molar-refractivity contribution is 7.21. The van der Waals surface area contributed by atoms with Gasteiger partial charge < -0.3 is 9.80 Å². The molecule has 0 bridgehead atoms. The van der Waals surface area contributed by atoms with Crippen LogP contribution >= 0.6 is 34.5 Å². The third kappa shape index (κ3) is 3.52. The van der Waals surface area contributed by atoms with E-state index in [9.17, 15) is 9.59 Å². The molecule has 0 saturated carbocycles. The minimum atomic E-state index is -0.106. The highest BCUT2D eigenvalue weighted by atomic mass is 35.5. The van der Waals surface area contributed by atoms with Crippen LogP contribution in [0.1, 0.15) is 20.0 Å². The molecule has 0 radical (unpaired) electrons. The number of carbonyl (C=O) groups excluding carboxylic acids is 2. The molecule has 0 aliphatic carbocycles. The minimum Gasteiger partial charge on any atom is -0.335 e. The molecule has 2 aromatic heterocycles. The molecule has 2 amide bonds. The summed E-state index contributed by atoms with van der Waals surface area (Å²) in [5.41, 5.74) is 0.557. The normalized spacial score (nSPS) is 14.6. The monoisotopic (exact) mass is 419 g/mol. The van der Waals surface area contributed by atoms with Gasteiger partial charge in [0.2, 0.25) is 0 Å². The van der Waals surface area contributed by atoms with Crippen LogP contribution in [-0.2, 0) is 0 Å². The number of rotatable bonds is 2. The zero-order valence-electron chi connectivity index (χ0n) is 14.2. The van der Waals surface area contributed by atoms with Gasteiger partial charge in [0, 0.05) is 53.7 Å². The van der Waals surface area contributed by atoms with E-state index in [1.165, 1.54) is 11.3 Å². The Kier molecular flexibility index (Phi) is 5.04. The van der Waals surface area contributed by atoms with Crippen molar-refractivity contribution in [3.63, 3.8) is 0 Å². The fraction of sp³-hybridized carbons (Fsp3) is 0.211. The summed E-state index contributed by atoms with van der Waals surface area (Å²) >= 11 is 13.8. The lowest BCUT2D eigenvalue weighted by Gasteiger charge is -2.34. The second kappa shape index (κ2) is 7.46. The summed E-state index contributed by atoms with van der Waals surface area (Å²) < 4.78 is 0.890. The number of nitrogens with zero attached hydrogens (tertiary/aromatic N) is 3. The SMILES string of the molecule is O=C(c1cccnc1)N1CCN(C(=O)c2sc3cc(Cl)ccc3c2Cl)CC1. The molecule has 3 aromatic rings. The predicted molar refractivity (Wildman–Crippen MR) is 108 cm³/mol. The maximum absolute atomic E-state index is 12.9. The van der Waals surface area contributed by atoms with Crippen LogP contribution in [0.4, 0.5) is 0 Å². The van der Waals surface area contributed by atoms with Crippen LogP contribution in [0.5, 0.6) is 0 Å². The molecule has 0 unspecified atom stereocenters. The Labute approximate surface area is 170 Å². The number of halogens is 2. The van der Waals surface area contributed by atoms with E-state index in [0.717, 1.165) is 10.1 Å². The van der Waals surface area contributed by atoms with E-state index in [0.29, 0.717) is 46.7 Å². The van der Waals surface area contributed by atoms with Crippen LogP contribution < -0.4 is 0 Å². The predicted octanol–water partition coefficient (Wildman–Crippen LogP) is 4.20. The molecule has 1 saturated heterocycles. The van der Waals surface area contributed by atoms with Crippen molar-refractivity contribution in [2.75, 3.05) is 26.2 Å². The molecule has 27 heavy (non-hydrogen) atoms. The lowest BCUT2D eigenvalue weighted by Crippen LogP contribution is -2.50. The number of aromatic nitrogens is 1. The van der Waals surface area contributed by atoms with E-state index in [4.69, 9.17) is 23.2 Å². The zero-order valence-corrected chi connectivity index (χ0v) is 16.5. The van der Waals surface area contributed by atoms with E-state index >= 15 is 0 Å². The van der Waals surface area contributed by atoms with Crippen molar-refractivity contribution in [3.05, 3.63) is 63.2 Å². The number of hydrogen-bond donors (Lipinski definition) is 0. The molecular formula is C19H15Cl2N3O2S. The topological polar surface area (TPSA) is 53.5 Å². The number of hydrogen-bond acceptors (Lipinski definition) is 4. The summed E-state index contributed by atoms with van der Waals surface area (Å²) in [6.07, 6.45) is 3.19. The van der Waals surface area contributed by atoms with Crippen molar-refractivity contribution in [3.8, 4) is 0 Å². The first-order valence-electron chi connectivity index (χ1n) is 8.41. The van der Waals surface area contributed by atoms with Gasteiger partial charge in [-0.15, -0.1) is 11.3 Å². The Hall–Kier alpha value is -2.15. The molecule has 1 aromatic carbocycles. The second-order valence-electron chi connectivity index (χ2n) is 6.21. The average Bonchev–Trinajstić information content (AvgIpc) is 3.03. The summed E-state index contributed by atoms with van der Waals surface area (Å²) in [5.74, 6) is -0.171. The molecule has 1 fully saturated rings. The van der Waals surface area contributed by atoms with Gasteiger partial charge >= 0.3 is 0 Å². The molecule has 8 heteroatoms. The fourth-order valence-corrected chi connectivity index (χ4v) is 4.86. The van der Waals surface area contributed by atoms with Crippen LogP contribution in [0.25, 0.3) is 10.1 Å². The molecule has 0 atom stereocenters. The molecule has 0 spiro atoms. The van der Waals surface area contributed by atoms with Gasteiger partial charge in [0.1, 0.15) is 4.88 Å². The van der Waals surface area contributed by atoms with Gasteiger partial charge in [0.25, 0.3) is 11.8 Å². The van der Waals surface area contributed by atoms with Crippen molar-refractivity contribution in [2.45, 2.75) is 0 Å². The van der Waals surface area contributed by atoms with Gasteiger partial charge in [0.15, 0.2) is 0 Å². The van der Waals surface area contributed by atoms with Gasteiger partial charge in [-0.25, -0.2) is 0 Å². The van der Waals surface area contributed by atoms with Crippen LogP contribution in [0.2, 0.25) is 10.0 Å². The summed E-state index contributed by atoms with van der Waals surface area (Å²) in [5, 5.41) is 1.91. The fourth-order valence-electron chi connectivity index (χ4n) is 3.10. The standard InChI is InChI=1S/C19H15Cl2N3O2S/c20-13-3-4-14-15(10-13)27-17(16(14)21)19(26)24-8-6-23(7-9-24)18(25)12-2-1-5-22-11-12/h1-5,10-11H,6-9H2. The Bertz CT molecular complexity index is 1010. The summed E-state index contributed by atoms with van der Waals surface area (Å²) in [6, 6.07) is 8.89. The first kappa shape index (κ1) is 18.2. The number of pyridine rings is 1. The van der Waals surface area contributed by atoms with Crippen molar-refractivity contribution in [2.24, 2.45) is 0 Å². The Morgan fingerprint density at radius 1 is 1.00 bits per heavy atom. The van der Waals surface area contributed by atoms with Crippen molar-refractivity contribution >= 4 is 56.4 Å². The summed E-state index contributed by atoms with van der Waals surface area (Å²) in [7, 11) is 0. The Morgan fingerprint density at radius 3 is 2.37 bits per heavy atom.